The molecule has 0 fully saturated rings. The molecule has 0 aromatic heterocycles. The molecule has 2 nitrogen and oxygen atoms in total. The van der Waals surface area contributed by atoms with E-state index in [0.717, 1.165) is 23.1 Å². The number of carbonyl (C=O) groups is 1. The zero-order valence-electron chi connectivity index (χ0n) is 9.29. The summed E-state index contributed by atoms with van der Waals surface area (Å²) in [5.74, 6) is 0. The van der Waals surface area contributed by atoms with Crippen molar-refractivity contribution in [2.24, 2.45) is 4.99 Å². The summed E-state index contributed by atoms with van der Waals surface area (Å²) < 4.78 is 0. The van der Waals surface area contributed by atoms with E-state index in [-0.39, 0.29) is 0 Å². The van der Waals surface area contributed by atoms with Crippen molar-refractivity contribution in [3.05, 3.63) is 35.1 Å². The van der Waals surface area contributed by atoms with Crippen LogP contribution < -0.4 is 0 Å². The Bertz CT molecular complexity index is 319. The van der Waals surface area contributed by atoms with E-state index in [1.807, 2.05) is 27.7 Å². The maximum Gasteiger partial charge on any atom is 0.150 e. The van der Waals surface area contributed by atoms with Gasteiger partial charge in [-0.05, 0) is 33.3 Å². The summed E-state index contributed by atoms with van der Waals surface area (Å²) in [5, 5.41) is 0. The Labute approximate surface area is 85.7 Å². The van der Waals surface area contributed by atoms with Crippen molar-refractivity contribution in [2.45, 2.75) is 27.7 Å². The third-order valence-electron chi connectivity index (χ3n) is 1.84. The lowest BCUT2D eigenvalue weighted by molar-refractivity contribution is -0.104. The maximum atomic E-state index is 10.8. The van der Waals surface area contributed by atoms with Gasteiger partial charge in [0.2, 0.25) is 0 Å². The van der Waals surface area contributed by atoms with Crippen LogP contribution in [0.1, 0.15) is 27.7 Å². The predicted molar refractivity (Wildman–Crippen MR) is 61.5 cm³/mol. The first-order valence-corrected chi connectivity index (χ1v) is 4.55. The standard InChI is InChI=1S/C12H17NO/c1-6-11(8-14)12(9(3)4)10(5)13-7-2/h6-8H,3H2,1-2,4-5H3/b11-6-,12-10+,13-7?. The molecule has 14 heavy (non-hydrogen) atoms. The van der Waals surface area contributed by atoms with E-state index >= 15 is 0 Å². The molecule has 0 aliphatic heterocycles. The second-order valence-electron chi connectivity index (χ2n) is 2.99. The molecule has 0 amide bonds. The smallest absolute Gasteiger partial charge is 0.150 e. The lowest BCUT2D eigenvalue weighted by Gasteiger charge is -2.08. The van der Waals surface area contributed by atoms with Gasteiger partial charge in [0, 0.05) is 23.1 Å². The maximum absolute atomic E-state index is 10.8. The molecule has 0 unspecified atom stereocenters. The van der Waals surface area contributed by atoms with Crippen LogP contribution in [0.5, 0.6) is 0 Å². The predicted octanol–water partition coefficient (Wildman–Crippen LogP) is 3.07. The van der Waals surface area contributed by atoms with E-state index < -0.39 is 0 Å². The summed E-state index contributed by atoms with van der Waals surface area (Å²) in [5.41, 5.74) is 3.15. The molecule has 0 N–H and O–H groups in total. The largest absolute Gasteiger partial charge is 0.298 e. The van der Waals surface area contributed by atoms with Gasteiger partial charge < -0.3 is 0 Å². The lowest BCUT2D eigenvalue weighted by atomic mass is 9.99. The summed E-state index contributed by atoms with van der Waals surface area (Å²) in [6.45, 7) is 11.3. The van der Waals surface area contributed by atoms with Crippen molar-refractivity contribution in [1.82, 2.24) is 0 Å². The normalized spacial score (nSPS) is 14.1. The van der Waals surface area contributed by atoms with Gasteiger partial charge in [0.05, 0.1) is 0 Å². The minimum atomic E-state index is 0.639. The summed E-state index contributed by atoms with van der Waals surface area (Å²) in [4.78, 5) is 15.0. The second kappa shape index (κ2) is 6.08. The molecule has 0 atom stereocenters. The molecule has 0 aliphatic rings. The van der Waals surface area contributed by atoms with E-state index in [0.29, 0.717) is 5.57 Å². The minimum absolute atomic E-state index is 0.639. The Morgan fingerprint density at radius 3 is 2.14 bits per heavy atom. The van der Waals surface area contributed by atoms with Gasteiger partial charge in [0.25, 0.3) is 0 Å². The molecule has 0 saturated carbocycles. The molecule has 0 aromatic carbocycles. The fraction of sp³-hybridized carbons (Fsp3) is 0.333. The van der Waals surface area contributed by atoms with Crippen LogP contribution in [-0.2, 0) is 4.79 Å². The van der Waals surface area contributed by atoms with Crippen LogP contribution in [-0.4, -0.2) is 12.5 Å². The summed E-state index contributed by atoms with van der Waals surface area (Å²) in [6, 6.07) is 0. The van der Waals surface area contributed by atoms with Crippen LogP contribution in [0.3, 0.4) is 0 Å². The Morgan fingerprint density at radius 1 is 1.29 bits per heavy atom. The first-order valence-electron chi connectivity index (χ1n) is 4.55. The van der Waals surface area contributed by atoms with Gasteiger partial charge in [-0.1, -0.05) is 12.7 Å². The third kappa shape index (κ3) is 3.13. The van der Waals surface area contributed by atoms with E-state index in [4.69, 9.17) is 0 Å². The number of rotatable bonds is 4. The molecule has 0 bridgehead atoms. The highest BCUT2D eigenvalue weighted by Crippen LogP contribution is 2.21. The zero-order chi connectivity index (χ0) is 11.1. The number of nitrogens with zero attached hydrogens (tertiary/aromatic N) is 1. The van der Waals surface area contributed by atoms with Gasteiger partial charge in [-0.3, -0.25) is 9.79 Å². The van der Waals surface area contributed by atoms with E-state index in [1.165, 1.54) is 0 Å². The van der Waals surface area contributed by atoms with E-state index in [1.54, 1.807) is 12.3 Å². The molecule has 0 heterocycles. The molecule has 76 valence electrons. The Balaban J connectivity index is 5.45. The zero-order valence-corrected chi connectivity index (χ0v) is 9.29. The molecule has 0 radical (unpaired) electrons. The fourth-order valence-corrected chi connectivity index (χ4v) is 1.29. The fourth-order valence-electron chi connectivity index (χ4n) is 1.29. The highest BCUT2D eigenvalue weighted by atomic mass is 16.1. The van der Waals surface area contributed by atoms with Crippen LogP contribution in [0.2, 0.25) is 0 Å². The van der Waals surface area contributed by atoms with Crippen molar-refractivity contribution in [3.63, 3.8) is 0 Å². The molecular formula is C12H17NO. The van der Waals surface area contributed by atoms with Crippen LogP contribution in [0.25, 0.3) is 0 Å². The SMILES string of the molecule is C=C(C)C(/C(C=O)=C\C)=C(/C)N=CC. The highest BCUT2D eigenvalue weighted by molar-refractivity contribution is 5.83. The number of allylic oxidation sites excluding steroid dienone is 5. The van der Waals surface area contributed by atoms with E-state index in [9.17, 15) is 4.79 Å². The number of hydrogen-bond donors (Lipinski definition) is 0. The van der Waals surface area contributed by atoms with Crippen LogP contribution >= 0.6 is 0 Å². The Hall–Kier alpha value is -1.44. The molecular weight excluding hydrogens is 174 g/mol. The first kappa shape index (κ1) is 12.6. The van der Waals surface area contributed by atoms with Crippen molar-refractivity contribution in [3.8, 4) is 0 Å². The minimum Gasteiger partial charge on any atom is -0.298 e. The summed E-state index contributed by atoms with van der Waals surface area (Å²) in [6.07, 6.45) is 4.31. The second-order valence-corrected chi connectivity index (χ2v) is 2.99. The third-order valence-corrected chi connectivity index (χ3v) is 1.84. The summed E-state index contributed by atoms with van der Waals surface area (Å²) in [7, 11) is 0. The number of hydrogen-bond acceptors (Lipinski definition) is 2. The number of aliphatic imine (C=N–C) groups is 1. The lowest BCUT2D eigenvalue weighted by Crippen LogP contribution is -1.95. The average molecular weight is 191 g/mol. The first-order chi connectivity index (χ1) is 6.58. The monoisotopic (exact) mass is 191 g/mol. The Morgan fingerprint density at radius 2 is 1.86 bits per heavy atom. The van der Waals surface area contributed by atoms with Crippen LogP contribution in [0.4, 0.5) is 0 Å². The molecule has 0 spiro atoms. The van der Waals surface area contributed by atoms with Crippen molar-refractivity contribution in [1.29, 1.82) is 0 Å². The van der Waals surface area contributed by atoms with Gasteiger partial charge in [-0.15, -0.1) is 0 Å². The number of carbonyl (C=O) groups excluding carboxylic acids is 1. The van der Waals surface area contributed by atoms with Gasteiger partial charge in [0.1, 0.15) is 6.29 Å². The quantitative estimate of drug-likeness (QED) is 0.290. The molecule has 0 rings (SSSR count). The molecule has 0 aliphatic carbocycles. The Kier molecular flexibility index (Phi) is 5.46. The van der Waals surface area contributed by atoms with E-state index in [2.05, 4.69) is 11.6 Å². The molecule has 0 aromatic rings. The average Bonchev–Trinajstić information content (AvgIpc) is 2.13. The van der Waals surface area contributed by atoms with Crippen LogP contribution in [0, 0.1) is 0 Å². The molecule has 2 heteroatoms. The summed E-state index contributed by atoms with van der Waals surface area (Å²) >= 11 is 0. The topological polar surface area (TPSA) is 29.4 Å². The number of aldehydes is 1. The van der Waals surface area contributed by atoms with Gasteiger partial charge in [-0.2, -0.15) is 0 Å². The van der Waals surface area contributed by atoms with Crippen molar-refractivity contribution >= 4 is 12.5 Å². The molecule has 0 saturated heterocycles. The van der Waals surface area contributed by atoms with Gasteiger partial charge in [-0.25, -0.2) is 0 Å². The van der Waals surface area contributed by atoms with Crippen molar-refractivity contribution < 1.29 is 4.79 Å². The van der Waals surface area contributed by atoms with Crippen LogP contribution in [0.15, 0.2) is 40.1 Å². The van der Waals surface area contributed by atoms with Gasteiger partial charge >= 0.3 is 0 Å². The van der Waals surface area contributed by atoms with Crippen molar-refractivity contribution in [2.75, 3.05) is 0 Å². The highest BCUT2D eigenvalue weighted by Gasteiger charge is 2.07. The van der Waals surface area contributed by atoms with Gasteiger partial charge in [0.15, 0.2) is 0 Å².